The van der Waals surface area contributed by atoms with Gasteiger partial charge >= 0.3 is 12.0 Å². The number of carbonyl (C=O) groups excluding carboxylic acids is 2. The van der Waals surface area contributed by atoms with Crippen LogP contribution in [0.25, 0.3) is 0 Å². The minimum absolute atomic E-state index is 0.0714. The largest absolute Gasteiger partial charge is 0.461 e. The number of imidazole rings is 1. The minimum atomic E-state index is -0.574. The number of benzene rings is 1. The molecule has 8 nitrogen and oxygen atoms in total. The first-order valence-corrected chi connectivity index (χ1v) is 6.82. The highest BCUT2D eigenvalue weighted by molar-refractivity contribution is 5.96. The summed E-state index contributed by atoms with van der Waals surface area (Å²) in [6.07, 6.45) is 1.30. The van der Waals surface area contributed by atoms with E-state index in [2.05, 4.69) is 15.9 Å². The average molecular weight is 301 g/mol. The van der Waals surface area contributed by atoms with Crippen LogP contribution in [-0.4, -0.2) is 33.2 Å². The zero-order chi connectivity index (χ0) is 15.5. The Morgan fingerprint density at radius 1 is 1.32 bits per heavy atom. The lowest BCUT2D eigenvalue weighted by atomic mass is 10.2. The molecule has 0 radical (unpaired) electrons. The molecule has 0 saturated carbocycles. The highest BCUT2D eigenvalue weighted by atomic mass is 16.5. The first kappa shape index (κ1) is 14.1. The Bertz CT molecular complexity index is 698. The zero-order valence-electron chi connectivity index (χ0n) is 11.9. The van der Waals surface area contributed by atoms with Gasteiger partial charge in [-0.3, -0.25) is 5.43 Å². The van der Waals surface area contributed by atoms with Crippen LogP contribution in [0.2, 0.25) is 0 Å². The number of fused-ring (bicyclic) bond motifs is 1. The molecule has 0 bridgehead atoms. The molecule has 1 amide bonds. The Morgan fingerprint density at radius 3 is 2.82 bits per heavy atom. The molecule has 2 heterocycles. The van der Waals surface area contributed by atoms with Gasteiger partial charge in [-0.05, 0) is 12.5 Å². The highest BCUT2D eigenvalue weighted by Crippen LogP contribution is 2.19. The molecular weight excluding hydrogens is 286 g/mol. The molecule has 1 aliphatic heterocycles. The van der Waals surface area contributed by atoms with Crippen LogP contribution in [0, 0.1) is 0 Å². The summed E-state index contributed by atoms with van der Waals surface area (Å²) in [5.74, 6) is -0.303. The van der Waals surface area contributed by atoms with E-state index in [1.54, 1.807) is 6.92 Å². The Labute approximate surface area is 126 Å². The van der Waals surface area contributed by atoms with Gasteiger partial charge < -0.3 is 4.74 Å². The van der Waals surface area contributed by atoms with Gasteiger partial charge in [-0.25, -0.2) is 24.1 Å². The van der Waals surface area contributed by atoms with Crippen LogP contribution in [0.1, 0.15) is 23.0 Å². The molecule has 1 aromatic carbocycles. The number of nitrogens with one attached hydrogen (secondary N) is 2. The number of nitrogens with zero attached hydrogens (tertiary/aromatic N) is 3. The molecule has 0 unspecified atom stereocenters. The van der Waals surface area contributed by atoms with E-state index < -0.39 is 5.97 Å². The lowest BCUT2D eigenvalue weighted by Gasteiger charge is -2.29. The van der Waals surface area contributed by atoms with Crippen LogP contribution < -0.4 is 11.0 Å². The molecule has 3 rings (SSSR count). The Balaban J connectivity index is 1.80. The predicted octanol–water partition coefficient (Wildman–Crippen LogP) is 1.38. The molecule has 2 N–H and O–H groups in total. The van der Waals surface area contributed by atoms with Crippen molar-refractivity contribution < 1.29 is 14.3 Å². The summed E-state index contributed by atoms with van der Waals surface area (Å²) in [6.45, 7) is 2.32. The first-order chi connectivity index (χ1) is 10.7. The normalized spacial score (nSPS) is 13.5. The van der Waals surface area contributed by atoms with Gasteiger partial charge in [-0.15, -0.1) is 5.53 Å². The second kappa shape index (κ2) is 5.86. The van der Waals surface area contributed by atoms with E-state index in [9.17, 15) is 9.59 Å². The van der Waals surface area contributed by atoms with Crippen LogP contribution in [0.3, 0.4) is 0 Å². The van der Waals surface area contributed by atoms with Crippen LogP contribution in [0.4, 0.5) is 10.6 Å². The maximum Gasteiger partial charge on any atom is 0.360 e. The van der Waals surface area contributed by atoms with Crippen molar-refractivity contribution in [2.75, 3.05) is 12.0 Å². The molecule has 0 saturated heterocycles. The fourth-order valence-electron chi connectivity index (χ4n) is 2.13. The lowest BCUT2D eigenvalue weighted by molar-refractivity contribution is 0.0521. The summed E-state index contributed by atoms with van der Waals surface area (Å²) in [6, 6.07) is 9.22. The molecule has 22 heavy (non-hydrogen) atoms. The predicted molar refractivity (Wildman–Crippen MR) is 77.7 cm³/mol. The summed E-state index contributed by atoms with van der Waals surface area (Å²) in [5, 5.41) is 1.39. The van der Waals surface area contributed by atoms with Crippen molar-refractivity contribution in [1.29, 1.82) is 0 Å². The molecule has 0 spiro atoms. The van der Waals surface area contributed by atoms with E-state index in [4.69, 9.17) is 4.74 Å². The van der Waals surface area contributed by atoms with Gasteiger partial charge in [0, 0.05) is 0 Å². The number of anilines is 1. The van der Waals surface area contributed by atoms with Gasteiger partial charge in [-0.2, -0.15) is 0 Å². The number of hydrogen-bond donors (Lipinski definition) is 2. The fraction of sp³-hybridized carbons (Fsp3) is 0.214. The topological polar surface area (TPSA) is 88.5 Å². The zero-order valence-corrected chi connectivity index (χ0v) is 11.9. The number of aromatic nitrogens is 2. The van der Waals surface area contributed by atoms with Crippen molar-refractivity contribution in [2.45, 2.75) is 13.5 Å². The van der Waals surface area contributed by atoms with Crippen LogP contribution in [-0.2, 0) is 11.3 Å². The van der Waals surface area contributed by atoms with E-state index in [1.807, 2.05) is 30.3 Å². The summed E-state index contributed by atoms with van der Waals surface area (Å²) in [4.78, 5) is 28.1. The molecule has 0 aliphatic carbocycles. The van der Waals surface area contributed by atoms with Crippen molar-refractivity contribution in [3.05, 3.63) is 47.9 Å². The molecule has 8 heteroatoms. The monoisotopic (exact) mass is 301 g/mol. The Hall–Kier alpha value is -2.87. The molecule has 114 valence electrons. The van der Waals surface area contributed by atoms with Gasteiger partial charge in [0.2, 0.25) is 0 Å². The van der Waals surface area contributed by atoms with Crippen molar-refractivity contribution >= 4 is 17.8 Å². The van der Waals surface area contributed by atoms with Crippen molar-refractivity contribution in [3.63, 3.8) is 0 Å². The van der Waals surface area contributed by atoms with Gasteiger partial charge in [-0.1, -0.05) is 30.3 Å². The van der Waals surface area contributed by atoms with E-state index in [0.29, 0.717) is 6.54 Å². The highest BCUT2D eigenvalue weighted by Gasteiger charge is 2.29. The van der Waals surface area contributed by atoms with Crippen molar-refractivity contribution in [2.24, 2.45) is 0 Å². The number of hydrazine groups is 2. The Kier molecular flexibility index (Phi) is 3.75. The number of carbonyl (C=O) groups is 2. The third-order valence-electron chi connectivity index (χ3n) is 3.17. The molecular formula is C14H15N5O3. The van der Waals surface area contributed by atoms with Gasteiger partial charge in [0.1, 0.15) is 6.33 Å². The smallest absolute Gasteiger partial charge is 0.360 e. The SMILES string of the molecule is CCOC(=O)c1ncn2c1NNN(Cc1ccccc1)C2=O. The van der Waals surface area contributed by atoms with E-state index in [1.165, 1.54) is 15.9 Å². The Morgan fingerprint density at radius 2 is 2.09 bits per heavy atom. The second-order valence-electron chi connectivity index (χ2n) is 4.62. The van der Waals surface area contributed by atoms with Gasteiger partial charge in [0.05, 0.1) is 13.2 Å². The van der Waals surface area contributed by atoms with Crippen molar-refractivity contribution in [1.82, 2.24) is 20.1 Å². The summed E-state index contributed by atoms with van der Waals surface area (Å²) >= 11 is 0. The average Bonchev–Trinajstić information content (AvgIpc) is 2.96. The number of hydrogen-bond acceptors (Lipinski definition) is 6. The maximum atomic E-state index is 12.4. The van der Waals surface area contributed by atoms with E-state index in [0.717, 1.165) is 5.56 Å². The van der Waals surface area contributed by atoms with Crippen LogP contribution in [0.15, 0.2) is 36.7 Å². The van der Waals surface area contributed by atoms with E-state index >= 15 is 0 Å². The summed E-state index contributed by atoms with van der Waals surface area (Å²) in [7, 11) is 0. The van der Waals surface area contributed by atoms with Crippen LogP contribution in [0.5, 0.6) is 0 Å². The quantitative estimate of drug-likeness (QED) is 0.829. The van der Waals surface area contributed by atoms with E-state index in [-0.39, 0.29) is 24.1 Å². The number of amides is 1. The summed E-state index contributed by atoms with van der Waals surface area (Å²) < 4.78 is 6.17. The van der Waals surface area contributed by atoms with Crippen molar-refractivity contribution in [3.8, 4) is 0 Å². The molecule has 0 atom stereocenters. The summed E-state index contributed by atoms with van der Waals surface area (Å²) in [5.41, 5.74) is 6.61. The second-order valence-corrected chi connectivity index (χ2v) is 4.62. The number of ether oxygens (including phenoxy) is 1. The molecule has 1 aromatic heterocycles. The molecule has 2 aromatic rings. The number of rotatable bonds is 4. The maximum absolute atomic E-state index is 12.4. The lowest BCUT2D eigenvalue weighted by Crippen LogP contribution is -2.51. The number of esters is 1. The fourth-order valence-corrected chi connectivity index (χ4v) is 2.13. The van der Waals surface area contributed by atoms with Gasteiger partial charge in [0.25, 0.3) is 0 Å². The molecule has 1 aliphatic rings. The van der Waals surface area contributed by atoms with Gasteiger partial charge in [0.15, 0.2) is 11.5 Å². The third kappa shape index (κ3) is 2.51. The molecule has 0 fully saturated rings. The van der Waals surface area contributed by atoms with Crippen LogP contribution >= 0.6 is 0 Å². The first-order valence-electron chi connectivity index (χ1n) is 6.82. The minimum Gasteiger partial charge on any atom is -0.461 e. The standard InChI is InChI=1S/C14H15N5O3/c1-2-22-13(20)11-12-16-17-19(14(21)18(12)9-15-11)8-10-6-4-3-5-7-10/h3-7,9,16-17H,2,8H2,1H3. The third-order valence-corrected chi connectivity index (χ3v) is 3.17.